The lowest BCUT2D eigenvalue weighted by Gasteiger charge is -2.31. The Morgan fingerprint density at radius 2 is 2.09 bits per heavy atom. The van der Waals surface area contributed by atoms with Gasteiger partial charge in [0.15, 0.2) is 5.76 Å². The molecule has 23 heavy (non-hydrogen) atoms. The number of likely N-dealkylation sites (tertiary alicyclic amines) is 1. The van der Waals surface area contributed by atoms with Crippen LogP contribution in [-0.4, -0.2) is 60.4 Å². The molecule has 1 aromatic rings. The van der Waals surface area contributed by atoms with Crippen LogP contribution in [0.2, 0.25) is 0 Å². The number of hydrogen-bond donors (Lipinski definition) is 1. The van der Waals surface area contributed by atoms with Gasteiger partial charge in [-0.05, 0) is 25.7 Å². The van der Waals surface area contributed by atoms with Gasteiger partial charge in [0.2, 0.25) is 0 Å². The number of rotatable bonds is 5. The Morgan fingerprint density at radius 1 is 1.30 bits per heavy atom. The minimum Gasteiger partial charge on any atom is -0.478 e. The fraction of sp³-hybridized carbons (Fsp3) is 0.625. The summed E-state index contributed by atoms with van der Waals surface area (Å²) < 4.78 is 16.5. The molecule has 0 bridgehead atoms. The van der Waals surface area contributed by atoms with Crippen LogP contribution >= 0.6 is 0 Å². The Labute approximate surface area is 134 Å². The summed E-state index contributed by atoms with van der Waals surface area (Å²) in [6, 6.07) is 1.27. The molecule has 1 unspecified atom stereocenters. The molecule has 3 rings (SSSR count). The van der Waals surface area contributed by atoms with Crippen molar-refractivity contribution in [2.24, 2.45) is 0 Å². The third kappa shape index (κ3) is 3.92. The van der Waals surface area contributed by atoms with E-state index in [1.54, 1.807) is 4.90 Å². The van der Waals surface area contributed by atoms with E-state index in [9.17, 15) is 9.59 Å². The van der Waals surface area contributed by atoms with Crippen molar-refractivity contribution in [2.75, 3.05) is 26.3 Å². The number of piperidine rings is 1. The van der Waals surface area contributed by atoms with Gasteiger partial charge in [0.05, 0.1) is 24.4 Å². The molecule has 0 aromatic carbocycles. The molecule has 2 aliphatic rings. The quantitative estimate of drug-likeness (QED) is 0.888. The highest BCUT2D eigenvalue weighted by molar-refractivity contribution is 5.95. The van der Waals surface area contributed by atoms with Gasteiger partial charge in [-0.15, -0.1) is 0 Å². The second kappa shape index (κ2) is 7.14. The third-order valence-electron chi connectivity index (χ3n) is 4.33. The lowest BCUT2D eigenvalue weighted by Crippen LogP contribution is -2.41. The van der Waals surface area contributed by atoms with Gasteiger partial charge in [-0.2, -0.15) is 0 Å². The molecule has 2 saturated heterocycles. The minimum absolute atomic E-state index is 0.0110. The Balaban J connectivity index is 1.45. The molecule has 0 spiro atoms. The maximum atomic E-state index is 12.3. The molecule has 1 amide bonds. The second-order valence-corrected chi connectivity index (χ2v) is 5.96. The van der Waals surface area contributed by atoms with Crippen molar-refractivity contribution in [3.8, 4) is 0 Å². The summed E-state index contributed by atoms with van der Waals surface area (Å²) in [5.41, 5.74) is -0.0110. The van der Waals surface area contributed by atoms with Crippen molar-refractivity contribution in [1.82, 2.24) is 4.90 Å². The molecule has 2 fully saturated rings. The Morgan fingerprint density at radius 3 is 2.70 bits per heavy atom. The zero-order valence-corrected chi connectivity index (χ0v) is 12.9. The number of aromatic carboxylic acids is 1. The first-order valence-electron chi connectivity index (χ1n) is 7.98. The van der Waals surface area contributed by atoms with E-state index >= 15 is 0 Å². The van der Waals surface area contributed by atoms with Crippen molar-refractivity contribution < 1.29 is 28.6 Å². The number of ether oxygens (including phenoxy) is 2. The molecule has 0 radical (unpaired) electrons. The minimum atomic E-state index is -1.10. The van der Waals surface area contributed by atoms with E-state index < -0.39 is 5.97 Å². The van der Waals surface area contributed by atoms with Crippen LogP contribution in [0.25, 0.3) is 0 Å². The first-order chi connectivity index (χ1) is 11.1. The molecule has 3 heterocycles. The molecule has 126 valence electrons. The maximum Gasteiger partial charge on any atom is 0.338 e. The van der Waals surface area contributed by atoms with Gasteiger partial charge in [0, 0.05) is 25.8 Å². The van der Waals surface area contributed by atoms with Crippen LogP contribution in [-0.2, 0) is 9.47 Å². The molecule has 0 aliphatic carbocycles. The number of carbonyl (C=O) groups excluding carboxylic acids is 1. The lowest BCUT2D eigenvalue weighted by atomic mass is 10.1. The average Bonchev–Trinajstić information content (AvgIpc) is 3.24. The number of carboxylic acids is 1. The largest absolute Gasteiger partial charge is 0.478 e. The van der Waals surface area contributed by atoms with Gasteiger partial charge in [-0.3, -0.25) is 4.79 Å². The van der Waals surface area contributed by atoms with Gasteiger partial charge in [-0.1, -0.05) is 0 Å². The molecule has 7 heteroatoms. The fourth-order valence-electron chi connectivity index (χ4n) is 2.96. The zero-order valence-electron chi connectivity index (χ0n) is 12.9. The number of carbonyl (C=O) groups is 2. The second-order valence-electron chi connectivity index (χ2n) is 5.96. The van der Waals surface area contributed by atoms with E-state index in [0.717, 1.165) is 38.6 Å². The molecule has 1 N–H and O–H groups in total. The molecular formula is C16H21NO6. The highest BCUT2D eigenvalue weighted by atomic mass is 16.5. The average molecular weight is 323 g/mol. The number of amides is 1. The summed E-state index contributed by atoms with van der Waals surface area (Å²) in [5.74, 6) is -1.30. The highest BCUT2D eigenvalue weighted by Gasteiger charge is 2.27. The van der Waals surface area contributed by atoms with Crippen LogP contribution in [0, 0.1) is 0 Å². The third-order valence-corrected chi connectivity index (χ3v) is 4.33. The summed E-state index contributed by atoms with van der Waals surface area (Å²) in [6.45, 7) is 2.61. The molecule has 2 aliphatic heterocycles. The fourth-order valence-corrected chi connectivity index (χ4v) is 2.96. The van der Waals surface area contributed by atoms with Crippen molar-refractivity contribution >= 4 is 11.9 Å². The number of hydrogen-bond acceptors (Lipinski definition) is 5. The summed E-state index contributed by atoms with van der Waals surface area (Å²) in [5, 5.41) is 8.86. The zero-order chi connectivity index (χ0) is 16.2. The standard InChI is InChI=1S/C16H21NO6/c18-15(14-8-11(9-23-14)16(19)20)17-5-3-12(4-6-17)22-10-13-2-1-7-21-13/h8-9,12-13H,1-7,10H2,(H,19,20). The summed E-state index contributed by atoms with van der Waals surface area (Å²) in [6.07, 6.45) is 5.15. The summed E-state index contributed by atoms with van der Waals surface area (Å²) >= 11 is 0. The number of furan rings is 1. The van der Waals surface area contributed by atoms with Crippen molar-refractivity contribution in [2.45, 2.75) is 37.9 Å². The van der Waals surface area contributed by atoms with Crippen molar-refractivity contribution in [1.29, 1.82) is 0 Å². The molecule has 7 nitrogen and oxygen atoms in total. The predicted octanol–water partition coefficient (Wildman–Crippen LogP) is 1.78. The van der Waals surface area contributed by atoms with Gasteiger partial charge < -0.3 is 23.9 Å². The van der Waals surface area contributed by atoms with Crippen LogP contribution in [0.4, 0.5) is 0 Å². The molecule has 1 atom stereocenters. The van der Waals surface area contributed by atoms with Gasteiger partial charge >= 0.3 is 5.97 Å². The van der Waals surface area contributed by atoms with Crippen LogP contribution in [0.1, 0.15) is 46.6 Å². The maximum absolute atomic E-state index is 12.3. The smallest absolute Gasteiger partial charge is 0.338 e. The van der Waals surface area contributed by atoms with E-state index in [2.05, 4.69) is 0 Å². The molecular weight excluding hydrogens is 302 g/mol. The highest BCUT2D eigenvalue weighted by Crippen LogP contribution is 2.20. The first-order valence-corrected chi connectivity index (χ1v) is 7.98. The van der Waals surface area contributed by atoms with Crippen LogP contribution in [0.15, 0.2) is 16.7 Å². The Bertz CT molecular complexity index is 555. The number of carboxylic acid groups (broad SMARTS) is 1. The Hall–Kier alpha value is -1.86. The predicted molar refractivity (Wildman–Crippen MR) is 79.5 cm³/mol. The monoisotopic (exact) mass is 323 g/mol. The molecule has 1 aromatic heterocycles. The number of nitrogens with zero attached hydrogens (tertiary/aromatic N) is 1. The van der Waals surface area contributed by atoms with E-state index in [-0.39, 0.29) is 29.4 Å². The summed E-state index contributed by atoms with van der Waals surface area (Å²) in [7, 11) is 0. The van der Waals surface area contributed by atoms with Crippen LogP contribution in [0.5, 0.6) is 0 Å². The van der Waals surface area contributed by atoms with E-state index in [0.29, 0.717) is 19.7 Å². The van der Waals surface area contributed by atoms with Gasteiger partial charge in [0.25, 0.3) is 5.91 Å². The van der Waals surface area contributed by atoms with Crippen molar-refractivity contribution in [3.05, 3.63) is 23.7 Å². The van der Waals surface area contributed by atoms with E-state index in [1.807, 2.05) is 0 Å². The van der Waals surface area contributed by atoms with Gasteiger partial charge in [-0.25, -0.2) is 4.79 Å². The first kappa shape index (κ1) is 16.0. The van der Waals surface area contributed by atoms with E-state index in [1.165, 1.54) is 6.07 Å². The topological polar surface area (TPSA) is 89.2 Å². The van der Waals surface area contributed by atoms with Gasteiger partial charge in [0.1, 0.15) is 6.26 Å². The van der Waals surface area contributed by atoms with Crippen LogP contribution in [0.3, 0.4) is 0 Å². The molecule has 0 saturated carbocycles. The summed E-state index contributed by atoms with van der Waals surface area (Å²) in [4.78, 5) is 24.8. The SMILES string of the molecule is O=C(O)c1coc(C(=O)N2CCC(OCC3CCCO3)CC2)c1. The van der Waals surface area contributed by atoms with Crippen LogP contribution < -0.4 is 0 Å². The van der Waals surface area contributed by atoms with E-state index in [4.69, 9.17) is 19.0 Å². The Kier molecular flexibility index (Phi) is 4.97. The van der Waals surface area contributed by atoms with Crippen molar-refractivity contribution in [3.63, 3.8) is 0 Å². The lowest BCUT2D eigenvalue weighted by molar-refractivity contribution is -0.0397. The normalized spacial score (nSPS) is 22.4.